The minimum Gasteiger partial charge on any atom is -0.309 e. The number of aromatic nitrogens is 4. The van der Waals surface area contributed by atoms with Crippen molar-refractivity contribution < 1.29 is 0 Å². The van der Waals surface area contributed by atoms with Gasteiger partial charge in [0.15, 0.2) is 0 Å². The molecule has 2 aromatic rings. The molecule has 0 bridgehead atoms. The molecule has 5 nitrogen and oxygen atoms in total. The van der Waals surface area contributed by atoms with Crippen molar-refractivity contribution in [3.63, 3.8) is 0 Å². The number of nitrogens with one attached hydrogen (secondary N) is 1. The van der Waals surface area contributed by atoms with Crippen LogP contribution >= 0.6 is 0 Å². The van der Waals surface area contributed by atoms with Gasteiger partial charge in [-0.25, -0.2) is 0 Å². The summed E-state index contributed by atoms with van der Waals surface area (Å²) in [5, 5.41) is 12.5. The van der Waals surface area contributed by atoms with E-state index in [1.807, 2.05) is 24.9 Å². The Labute approximate surface area is 114 Å². The third kappa shape index (κ3) is 3.23. The Bertz CT molecular complexity index is 526. The molecule has 0 saturated carbocycles. The zero-order valence-electron chi connectivity index (χ0n) is 12.2. The van der Waals surface area contributed by atoms with Gasteiger partial charge in [0.05, 0.1) is 23.1 Å². The minimum atomic E-state index is 0.265. The number of rotatable bonds is 6. The van der Waals surface area contributed by atoms with Crippen molar-refractivity contribution in [1.82, 2.24) is 24.9 Å². The van der Waals surface area contributed by atoms with Gasteiger partial charge in [0, 0.05) is 26.2 Å². The van der Waals surface area contributed by atoms with E-state index in [0.717, 1.165) is 30.9 Å². The first-order chi connectivity index (χ1) is 9.13. The highest BCUT2D eigenvalue weighted by Crippen LogP contribution is 2.19. The van der Waals surface area contributed by atoms with E-state index < -0.39 is 0 Å². The fraction of sp³-hybridized carbons (Fsp3) is 0.571. The molecule has 1 N–H and O–H groups in total. The summed E-state index contributed by atoms with van der Waals surface area (Å²) in [5.74, 6) is 0. The van der Waals surface area contributed by atoms with Gasteiger partial charge in [-0.3, -0.25) is 9.36 Å². The molecule has 2 heterocycles. The zero-order valence-corrected chi connectivity index (χ0v) is 12.2. The van der Waals surface area contributed by atoms with Crippen LogP contribution in [0.1, 0.15) is 37.0 Å². The second kappa shape index (κ2) is 6.02. The average molecular weight is 261 g/mol. The lowest BCUT2D eigenvalue weighted by Gasteiger charge is -2.18. The van der Waals surface area contributed by atoms with Gasteiger partial charge >= 0.3 is 0 Å². The van der Waals surface area contributed by atoms with Crippen LogP contribution in [0.3, 0.4) is 0 Å². The van der Waals surface area contributed by atoms with Crippen LogP contribution in [-0.2, 0) is 20.0 Å². The van der Waals surface area contributed by atoms with Gasteiger partial charge in [-0.1, -0.05) is 6.92 Å². The summed E-state index contributed by atoms with van der Waals surface area (Å²) in [6.45, 7) is 8.13. The normalized spacial score (nSPS) is 12.8. The molecule has 0 aliphatic rings. The highest BCUT2D eigenvalue weighted by molar-refractivity contribution is 5.16. The fourth-order valence-corrected chi connectivity index (χ4v) is 2.41. The molecule has 0 aliphatic heterocycles. The fourth-order valence-electron chi connectivity index (χ4n) is 2.41. The molecule has 0 saturated heterocycles. The molecule has 0 spiro atoms. The number of likely N-dealkylation sites (N-methyl/N-ethyl adjacent to an activating group) is 1. The van der Waals surface area contributed by atoms with Gasteiger partial charge in [0.1, 0.15) is 0 Å². The summed E-state index contributed by atoms with van der Waals surface area (Å²) >= 11 is 0. The zero-order chi connectivity index (χ0) is 13.8. The number of nitrogens with zero attached hydrogens (tertiary/aromatic N) is 4. The van der Waals surface area contributed by atoms with Crippen LogP contribution in [0.25, 0.3) is 0 Å². The highest BCUT2D eigenvalue weighted by Gasteiger charge is 2.17. The summed E-state index contributed by atoms with van der Waals surface area (Å²) in [5.41, 5.74) is 3.42. The Balaban J connectivity index is 2.23. The predicted molar refractivity (Wildman–Crippen MR) is 76.0 cm³/mol. The van der Waals surface area contributed by atoms with Crippen LogP contribution in [0.15, 0.2) is 18.3 Å². The van der Waals surface area contributed by atoms with Crippen LogP contribution < -0.4 is 5.32 Å². The first kappa shape index (κ1) is 13.8. The summed E-state index contributed by atoms with van der Waals surface area (Å²) in [4.78, 5) is 0. The summed E-state index contributed by atoms with van der Waals surface area (Å²) in [6, 6.07) is 4.50. The van der Waals surface area contributed by atoms with Gasteiger partial charge in [-0.15, -0.1) is 0 Å². The van der Waals surface area contributed by atoms with Crippen LogP contribution in [-0.4, -0.2) is 26.1 Å². The lowest BCUT2D eigenvalue weighted by Crippen LogP contribution is -2.25. The molecule has 0 aromatic carbocycles. The van der Waals surface area contributed by atoms with E-state index in [1.54, 1.807) is 0 Å². The van der Waals surface area contributed by atoms with Crippen molar-refractivity contribution >= 4 is 0 Å². The first-order valence-electron chi connectivity index (χ1n) is 6.90. The van der Waals surface area contributed by atoms with Crippen LogP contribution in [0, 0.1) is 6.92 Å². The van der Waals surface area contributed by atoms with Gasteiger partial charge in [0.2, 0.25) is 0 Å². The van der Waals surface area contributed by atoms with Crippen molar-refractivity contribution in [2.24, 2.45) is 7.05 Å². The monoisotopic (exact) mass is 261 g/mol. The van der Waals surface area contributed by atoms with E-state index in [0.29, 0.717) is 0 Å². The first-order valence-corrected chi connectivity index (χ1v) is 6.90. The average Bonchev–Trinajstić information content (AvgIpc) is 2.94. The topological polar surface area (TPSA) is 47.7 Å². The molecule has 104 valence electrons. The van der Waals surface area contributed by atoms with Crippen molar-refractivity contribution in [1.29, 1.82) is 0 Å². The number of hydrogen-bond acceptors (Lipinski definition) is 3. The van der Waals surface area contributed by atoms with Crippen molar-refractivity contribution in [2.45, 2.75) is 39.8 Å². The molecule has 0 radical (unpaired) electrons. The molecule has 5 heteroatoms. The molecule has 2 rings (SSSR count). The van der Waals surface area contributed by atoms with Crippen molar-refractivity contribution in [2.75, 3.05) is 6.54 Å². The lowest BCUT2D eigenvalue weighted by molar-refractivity contribution is 0.484. The van der Waals surface area contributed by atoms with Crippen LogP contribution in [0.5, 0.6) is 0 Å². The summed E-state index contributed by atoms with van der Waals surface area (Å²) in [7, 11) is 1.95. The van der Waals surface area contributed by atoms with E-state index in [9.17, 15) is 0 Å². The maximum absolute atomic E-state index is 4.53. The molecular weight excluding hydrogens is 238 g/mol. The summed E-state index contributed by atoms with van der Waals surface area (Å²) in [6.07, 6.45) is 2.88. The van der Waals surface area contributed by atoms with E-state index in [1.165, 1.54) is 5.69 Å². The third-order valence-corrected chi connectivity index (χ3v) is 3.22. The Morgan fingerprint density at radius 1 is 1.32 bits per heavy atom. The van der Waals surface area contributed by atoms with Gasteiger partial charge in [-0.2, -0.15) is 10.2 Å². The Morgan fingerprint density at radius 3 is 2.68 bits per heavy atom. The molecule has 0 amide bonds. The van der Waals surface area contributed by atoms with Crippen molar-refractivity contribution in [3.05, 3.63) is 35.4 Å². The second-order valence-electron chi connectivity index (χ2n) is 4.82. The van der Waals surface area contributed by atoms with Gasteiger partial charge in [-0.05, 0) is 32.5 Å². The maximum atomic E-state index is 4.53. The molecule has 1 unspecified atom stereocenters. The minimum absolute atomic E-state index is 0.265. The maximum Gasteiger partial charge on any atom is 0.0644 e. The third-order valence-electron chi connectivity index (χ3n) is 3.22. The predicted octanol–water partition coefficient (Wildman–Crippen LogP) is 1.84. The van der Waals surface area contributed by atoms with Gasteiger partial charge in [0.25, 0.3) is 0 Å². The Kier molecular flexibility index (Phi) is 4.37. The van der Waals surface area contributed by atoms with E-state index in [4.69, 9.17) is 0 Å². The quantitative estimate of drug-likeness (QED) is 0.863. The SMILES string of the molecule is CCNC(Cc1ccn(C)n1)c1cc(C)nn1CC. The Morgan fingerprint density at radius 2 is 2.11 bits per heavy atom. The number of hydrogen-bond donors (Lipinski definition) is 1. The molecule has 2 aromatic heterocycles. The molecule has 19 heavy (non-hydrogen) atoms. The highest BCUT2D eigenvalue weighted by atomic mass is 15.3. The summed E-state index contributed by atoms with van der Waals surface area (Å²) < 4.78 is 3.92. The lowest BCUT2D eigenvalue weighted by atomic mass is 10.1. The molecule has 0 fully saturated rings. The molecule has 1 atom stereocenters. The largest absolute Gasteiger partial charge is 0.309 e. The van der Waals surface area contributed by atoms with E-state index >= 15 is 0 Å². The van der Waals surface area contributed by atoms with Crippen LogP contribution in [0.4, 0.5) is 0 Å². The standard InChI is InChI=1S/C14H23N5/c1-5-15-13(10-12-7-8-18(4)17-12)14-9-11(3)16-19(14)6-2/h7-9,13,15H,5-6,10H2,1-4H3. The van der Waals surface area contributed by atoms with E-state index in [2.05, 4.69) is 46.2 Å². The van der Waals surface area contributed by atoms with E-state index in [-0.39, 0.29) is 6.04 Å². The Hall–Kier alpha value is -1.62. The number of aryl methyl sites for hydroxylation is 3. The second-order valence-corrected chi connectivity index (χ2v) is 4.82. The van der Waals surface area contributed by atoms with Gasteiger partial charge < -0.3 is 5.32 Å². The van der Waals surface area contributed by atoms with Crippen LogP contribution in [0.2, 0.25) is 0 Å². The molecular formula is C14H23N5. The molecule has 0 aliphatic carbocycles. The smallest absolute Gasteiger partial charge is 0.0644 e. The van der Waals surface area contributed by atoms with Crippen molar-refractivity contribution in [3.8, 4) is 0 Å².